The van der Waals surface area contributed by atoms with Gasteiger partial charge in [-0.25, -0.2) is 10.0 Å². The van der Waals surface area contributed by atoms with E-state index in [4.69, 9.17) is 0 Å². The second-order valence-electron chi connectivity index (χ2n) is 4.88. The van der Waals surface area contributed by atoms with Crippen LogP contribution in [0, 0.1) is 11.9 Å². The number of hydroxylamine groups is 2. The Balaban J connectivity index is 2.55. The highest BCUT2D eigenvalue weighted by molar-refractivity contribution is 5.80. The highest BCUT2D eigenvalue weighted by Gasteiger charge is 2.20. The number of unbranched alkanes of at least 4 members (excludes halogenated alkanes) is 2. The zero-order chi connectivity index (χ0) is 16.4. The Morgan fingerprint density at radius 1 is 1.50 bits per heavy atom. The summed E-state index contributed by atoms with van der Waals surface area (Å²) in [5.41, 5.74) is 4.92. The van der Waals surface area contributed by atoms with Gasteiger partial charge in [0.1, 0.15) is 5.82 Å². The van der Waals surface area contributed by atoms with Gasteiger partial charge in [-0.1, -0.05) is 32.3 Å². The quantitative estimate of drug-likeness (QED) is 0.201. The Labute approximate surface area is 128 Å². The monoisotopic (exact) mass is 312 g/mol. The summed E-state index contributed by atoms with van der Waals surface area (Å²) in [4.78, 5) is 26.1. The van der Waals surface area contributed by atoms with Gasteiger partial charge >= 0.3 is 0 Å². The number of nitrogens with one attached hydrogen (secondary N) is 2. The van der Waals surface area contributed by atoms with Crippen molar-refractivity contribution in [1.82, 2.24) is 15.5 Å². The zero-order valence-electron chi connectivity index (χ0n) is 12.5. The molecule has 2 amide bonds. The molecule has 122 valence electrons. The highest BCUT2D eigenvalue weighted by atomic mass is 19.1. The van der Waals surface area contributed by atoms with Crippen LogP contribution in [-0.2, 0) is 9.59 Å². The lowest BCUT2D eigenvalue weighted by Crippen LogP contribution is -2.40. The van der Waals surface area contributed by atoms with E-state index >= 15 is 0 Å². The normalized spacial score (nSPS) is 11.6. The molecule has 0 aliphatic rings. The van der Waals surface area contributed by atoms with Crippen LogP contribution in [-0.4, -0.2) is 34.1 Å². The van der Waals surface area contributed by atoms with Gasteiger partial charge in [0.2, 0.25) is 18.3 Å². The van der Waals surface area contributed by atoms with E-state index < -0.39 is 17.8 Å². The second kappa shape index (κ2) is 9.67. The topological polar surface area (TPSA) is 94.6 Å². The smallest absolute Gasteiger partial charge is 0.243 e. The number of halogens is 1. The predicted octanol–water partition coefficient (Wildman–Crippen LogP) is 1.71. The molecule has 0 bridgehead atoms. The third-order valence-electron chi connectivity index (χ3n) is 3.08. The fourth-order valence-electron chi connectivity index (χ4n) is 1.92. The first kappa shape index (κ1) is 17.8. The largest absolute Gasteiger partial charge is 0.286 e. The summed E-state index contributed by atoms with van der Waals surface area (Å²) in [5.74, 6) is -1.47. The molecule has 0 aliphatic heterocycles. The minimum Gasteiger partial charge on any atom is -0.286 e. The predicted molar refractivity (Wildman–Crippen MR) is 78.1 cm³/mol. The van der Waals surface area contributed by atoms with Gasteiger partial charge in [-0.3, -0.25) is 25.6 Å². The molecule has 0 saturated heterocycles. The molecule has 8 heteroatoms. The number of hydrazine groups is 1. The number of carbonyl (C=O) groups excluding carboxylic acids is 2. The van der Waals surface area contributed by atoms with Crippen molar-refractivity contribution in [2.24, 2.45) is 5.92 Å². The van der Waals surface area contributed by atoms with Crippen molar-refractivity contribution in [1.29, 1.82) is 0 Å². The Hall–Kier alpha value is -2.22. The number of nitrogens with zero attached hydrogens (tertiary/aromatic N) is 2. The van der Waals surface area contributed by atoms with Crippen LogP contribution in [0.15, 0.2) is 18.2 Å². The molecule has 1 atom stereocenters. The van der Waals surface area contributed by atoms with Crippen LogP contribution in [0.3, 0.4) is 0 Å². The average molecular weight is 312 g/mol. The van der Waals surface area contributed by atoms with Crippen molar-refractivity contribution in [3.05, 3.63) is 24.1 Å². The van der Waals surface area contributed by atoms with Crippen LogP contribution < -0.4 is 10.9 Å². The summed E-state index contributed by atoms with van der Waals surface area (Å²) in [6, 6.07) is 4.14. The van der Waals surface area contributed by atoms with E-state index in [1.54, 1.807) is 0 Å². The molecule has 7 nitrogen and oxygen atoms in total. The SMILES string of the molecule is CCCCC[C@H](CN(O)C=O)C(=O)NNc1cccc(F)n1. The Morgan fingerprint density at radius 2 is 2.27 bits per heavy atom. The van der Waals surface area contributed by atoms with Gasteiger partial charge in [0, 0.05) is 0 Å². The Bertz CT molecular complexity index is 487. The van der Waals surface area contributed by atoms with Gasteiger partial charge in [0.15, 0.2) is 0 Å². The first-order chi connectivity index (χ1) is 10.6. The minimum absolute atomic E-state index is 0.0999. The van der Waals surface area contributed by atoms with E-state index in [0.29, 0.717) is 11.5 Å². The number of carbonyl (C=O) groups is 2. The summed E-state index contributed by atoms with van der Waals surface area (Å²) >= 11 is 0. The molecule has 0 fully saturated rings. The number of amides is 2. The first-order valence-corrected chi connectivity index (χ1v) is 7.16. The van der Waals surface area contributed by atoms with Crippen LogP contribution in [0.25, 0.3) is 0 Å². The summed E-state index contributed by atoms with van der Waals surface area (Å²) in [6.07, 6.45) is 3.54. The van der Waals surface area contributed by atoms with Crippen LogP contribution >= 0.6 is 0 Å². The molecule has 0 aromatic carbocycles. The van der Waals surface area contributed by atoms with Gasteiger partial charge in [-0.2, -0.15) is 4.39 Å². The fraction of sp³-hybridized carbons (Fsp3) is 0.500. The number of hydrogen-bond donors (Lipinski definition) is 3. The maximum absolute atomic E-state index is 12.9. The Morgan fingerprint density at radius 3 is 2.91 bits per heavy atom. The number of aromatic nitrogens is 1. The molecular formula is C14H21FN4O3. The first-order valence-electron chi connectivity index (χ1n) is 7.16. The number of rotatable bonds is 10. The molecule has 0 spiro atoms. The van der Waals surface area contributed by atoms with Crippen LogP contribution in [0.4, 0.5) is 10.2 Å². The van der Waals surface area contributed by atoms with E-state index in [1.807, 2.05) is 6.92 Å². The van der Waals surface area contributed by atoms with E-state index in [0.717, 1.165) is 19.3 Å². The van der Waals surface area contributed by atoms with Crippen molar-refractivity contribution in [3.8, 4) is 0 Å². The van der Waals surface area contributed by atoms with E-state index in [9.17, 15) is 19.2 Å². The maximum atomic E-state index is 12.9. The minimum atomic E-state index is -0.666. The highest BCUT2D eigenvalue weighted by Crippen LogP contribution is 2.11. The Kier molecular flexibility index (Phi) is 7.84. The third-order valence-corrected chi connectivity index (χ3v) is 3.08. The van der Waals surface area contributed by atoms with Gasteiger partial charge in [-0.05, 0) is 18.6 Å². The molecule has 0 saturated carbocycles. The molecule has 0 unspecified atom stereocenters. The summed E-state index contributed by atoms with van der Waals surface area (Å²) in [6.45, 7) is 1.94. The lowest BCUT2D eigenvalue weighted by atomic mass is 10.0. The standard InChI is InChI=1S/C14H21FN4O3/c1-2-3-4-6-11(9-19(22)10-20)14(21)18-17-13-8-5-7-12(15)16-13/h5,7-8,10-11,22H,2-4,6,9H2,1H3,(H,16,17)(H,18,21)/t11-/m1/s1. The lowest BCUT2D eigenvalue weighted by molar-refractivity contribution is -0.154. The molecule has 0 radical (unpaired) electrons. The molecule has 1 aromatic heterocycles. The van der Waals surface area contributed by atoms with Gasteiger partial charge in [-0.15, -0.1) is 0 Å². The van der Waals surface area contributed by atoms with Gasteiger partial charge in [0.25, 0.3) is 0 Å². The summed E-state index contributed by atoms with van der Waals surface area (Å²) < 4.78 is 12.9. The van der Waals surface area contributed by atoms with Crippen molar-refractivity contribution in [2.45, 2.75) is 32.6 Å². The van der Waals surface area contributed by atoms with Gasteiger partial charge in [0.05, 0.1) is 12.5 Å². The maximum Gasteiger partial charge on any atom is 0.243 e. The van der Waals surface area contributed by atoms with Crippen LogP contribution in [0.1, 0.15) is 32.6 Å². The summed E-state index contributed by atoms with van der Waals surface area (Å²) in [7, 11) is 0. The number of anilines is 1. The van der Waals surface area contributed by atoms with E-state index in [2.05, 4.69) is 15.8 Å². The fourth-order valence-corrected chi connectivity index (χ4v) is 1.92. The van der Waals surface area contributed by atoms with Crippen LogP contribution in [0.2, 0.25) is 0 Å². The lowest BCUT2D eigenvalue weighted by Gasteiger charge is -2.19. The summed E-state index contributed by atoms with van der Waals surface area (Å²) in [5, 5.41) is 9.70. The molecule has 1 aromatic rings. The van der Waals surface area contributed by atoms with E-state index in [-0.39, 0.29) is 18.8 Å². The number of pyridine rings is 1. The van der Waals surface area contributed by atoms with Crippen molar-refractivity contribution >= 4 is 18.1 Å². The average Bonchev–Trinajstić information content (AvgIpc) is 2.51. The molecule has 3 N–H and O–H groups in total. The van der Waals surface area contributed by atoms with E-state index in [1.165, 1.54) is 18.2 Å². The van der Waals surface area contributed by atoms with Crippen molar-refractivity contribution < 1.29 is 19.2 Å². The number of hydrogen-bond acceptors (Lipinski definition) is 5. The zero-order valence-corrected chi connectivity index (χ0v) is 12.5. The molecule has 22 heavy (non-hydrogen) atoms. The third kappa shape index (κ3) is 6.49. The molecule has 1 heterocycles. The molecular weight excluding hydrogens is 291 g/mol. The molecule has 0 aliphatic carbocycles. The second-order valence-corrected chi connectivity index (χ2v) is 4.88. The van der Waals surface area contributed by atoms with Crippen molar-refractivity contribution in [3.63, 3.8) is 0 Å². The molecule has 1 rings (SSSR count). The van der Waals surface area contributed by atoms with Crippen molar-refractivity contribution in [2.75, 3.05) is 12.0 Å². The van der Waals surface area contributed by atoms with Crippen LogP contribution in [0.5, 0.6) is 0 Å². The van der Waals surface area contributed by atoms with Gasteiger partial charge < -0.3 is 0 Å².